The van der Waals surface area contributed by atoms with Crippen LogP contribution < -0.4 is 10.5 Å². The van der Waals surface area contributed by atoms with Gasteiger partial charge in [0, 0.05) is 38.8 Å². The van der Waals surface area contributed by atoms with Crippen LogP contribution in [0.15, 0.2) is 29.2 Å². The Balaban J connectivity index is 1.83. The molecular weight excluding hydrogens is 350 g/mol. The van der Waals surface area contributed by atoms with Gasteiger partial charge in [-0.3, -0.25) is 24.1 Å². The van der Waals surface area contributed by atoms with Crippen LogP contribution >= 0.6 is 0 Å². The molecule has 0 unspecified atom stereocenters. The molecule has 0 N–H and O–H groups in total. The van der Waals surface area contributed by atoms with Crippen LogP contribution in [0.4, 0.5) is 11.5 Å². The number of nitro groups is 1. The van der Waals surface area contributed by atoms with Crippen molar-refractivity contribution in [3.8, 4) is 0 Å². The molecule has 9 heteroatoms. The zero-order valence-corrected chi connectivity index (χ0v) is 15.5. The lowest BCUT2D eigenvalue weighted by Gasteiger charge is -2.35. The van der Waals surface area contributed by atoms with Crippen LogP contribution in [0.5, 0.6) is 0 Å². The SMILES string of the molecule is CC(C)CCC(=O)N1CCN(c2nc3ccccn3c(=O)c2[N+](=O)[O-])CC1. The molecule has 0 saturated carbocycles. The summed E-state index contributed by atoms with van der Waals surface area (Å²) in [7, 11) is 0. The summed E-state index contributed by atoms with van der Waals surface area (Å²) in [5, 5.41) is 11.5. The molecule has 2 aromatic rings. The van der Waals surface area contributed by atoms with E-state index in [0.29, 0.717) is 44.2 Å². The van der Waals surface area contributed by atoms with Gasteiger partial charge in [-0.2, -0.15) is 0 Å². The predicted octanol–water partition coefficient (Wildman–Crippen LogP) is 1.69. The average Bonchev–Trinajstić information content (AvgIpc) is 2.65. The highest BCUT2D eigenvalue weighted by molar-refractivity contribution is 5.76. The minimum Gasteiger partial charge on any atom is -0.347 e. The molecule has 0 spiro atoms. The molecule has 0 aromatic carbocycles. The summed E-state index contributed by atoms with van der Waals surface area (Å²) in [4.78, 5) is 43.5. The highest BCUT2D eigenvalue weighted by Crippen LogP contribution is 2.24. The normalized spacial score (nSPS) is 14.8. The fourth-order valence-corrected chi connectivity index (χ4v) is 3.19. The zero-order valence-electron chi connectivity index (χ0n) is 15.5. The summed E-state index contributed by atoms with van der Waals surface area (Å²) in [6.07, 6.45) is 2.81. The Morgan fingerprint density at radius 3 is 2.59 bits per heavy atom. The number of rotatable bonds is 5. The van der Waals surface area contributed by atoms with Crippen molar-refractivity contribution in [2.45, 2.75) is 26.7 Å². The Kier molecular flexibility index (Phi) is 5.38. The first-order valence-electron chi connectivity index (χ1n) is 9.07. The third kappa shape index (κ3) is 3.91. The second-order valence-corrected chi connectivity index (χ2v) is 7.08. The average molecular weight is 373 g/mol. The van der Waals surface area contributed by atoms with E-state index in [2.05, 4.69) is 18.8 Å². The molecule has 0 radical (unpaired) electrons. The van der Waals surface area contributed by atoms with Gasteiger partial charge in [0.2, 0.25) is 11.7 Å². The number of amides is 1. The first-order chi connectivity index (χ1) is 12.9. The minimum atomic E-state index is -0.698. The van der Waals surface area contributed by atoms with Crippen LogP contribution in [0.2, 0.25) is 0 Å². The molecule has 1 saturated heterocycles. The van der Waals surface area contributed by atoms with Crippen molar-refractivity contribution in [3.05, 3.63) is 44.9 Å². The van der Waals surface area contributed by atoms with Gasteiger partial charge in [0.1, 0.15) is 5.65 Å². The first kappa shape index (κ1) is 18.8. The third-order valence-electron chi connectivity index (χ3n) is 4.74. The fraction of sp³-hybridized carbons (Fsp3) is 0.500. The van der Waals surface area contributed by atoms with Gasteiger partial charge in [-0.05, 0) is 24.5 Å². The van der Waals surface area contributed by atoms with E-state index in [-0.39, 0.29) is 11.7 Å². The van der Waals surface area contributed by atoms with Crippen molar-refractivity contribution in [1.82, 2.24) is 14.3 Å². The molecule has 1 fully saturated rings. The van der Waals surface area contributed by atoms with Gasteiger partial charge in [0.05, 0.1) is 4.92 Å². The largest absolute Gasteiger partial charge is 0.376 e. The van der Waals surface area contributed by atoms with Crippen molar-refractivity contribution < 1.29 is 9.72 Å². The van der Waals surface area contributed by atoms with E-state index in [1.165, 1.54) is 10.6 Å². The quantitative estimate of drug-likeness (QED) is 0.584. The second kappa shape index (κ2) is 7.73. The highest BCUT2D eigenvalue weighted by Gasteiger charge is 2.30. The Morgan fingerprint density at radius 2 is 1.96 bits per heavy atom. The smallest absolute Gasteiger partial charge is 0.347 e. The lowest BCUT2D eigenvalue weighted by atomic mass is 10.1. The van der Waals surface area contributed by atoms with Gasteiger partial charge < -0.3 is 9.80 Å². The molecule has 9 nitrogen and oxygen atoms in total. The summed E-state index contributed by atoms with van der Waals surface area (Å²) in [6, 6.07) is 4.99. The Labute approximate surface area is 156 Å². The molecule has 27 heavy (non-hydrogen) atoms. The van der Waals surface area contributed by atoms with Crippen LogP contribution in [-0.4, -0.2) is 51.3 Å². The van der Waals surface area contributed by atoms with Crippen LogP contribution in [0.3, 0.4) is 0 Å². The van der Waals surface area contributed by atoms with Gasteiger partial charge in [0.25, 0.3) is 0 Å². The number of fused-ring (bicyclic) bond motifs is 1. The number of aromatic nitrogens is 2. The molecule has 2 aromatic heterocycles. The summed E-state index contributed by atoms with van der Waals surface area (Å²) >= 11 is 0. The lowest BCUT2D eigenvalue weighted by molar-refractivity contribution is -0.385. The number of piperazine rings is 1. The monoisotopic (exact) mass is 373 g/mol. The van der Waals surface area contributed by atoms with Gasteiger partial charge in [-0.1, -0.05) is 19.9 Å². The van der Waals surface area contributed by atoms with Gasteiger partial charge in [0.15, 0.2) is 0 Å². The van der Waals surface area contributed by atoms with Crippen LogP contribution in [-0.2, 0) is 4.79 Å². The lowest BCUT2D eigenvalue weighted by Crippen LogP contribution is -2.49. The number of carbonyl (C=O) groups excluding carboxylic acids is 1. The van der Waals surface area contributed by atoms with Crippen molar-refractivity contribution >= 4 is 23.1 Å². The molecule has 1 aliphatic rings. The van der Waals surface area contributed by atoms with Crippen molar-refractivity contribution in [2.75, 3.05) is 31.1 Å². The molecule has 144 valence electrons. The topological polar surface area (TPSA) is 101 Å². The summed E-state index contributed by atoms with van der Waals surface area (Å²) < 4.78 is 1.17. The van der Waals surface area contributed by atoms with E-state index in [1.54, 1.807) is 28.0 Å². The summed E-state index contributed by atoms with van der Waals surface area (Å²) in [5.41, 5.74) is -0.868. The van der Waals surface area contributed by atoms with Gasteiger partial charge in [-0.25, -0.2) is 4.98 Å². The number of carbonyl (C=O) groups is 1. The molecule has 0 bridgehead atoms. The van der Waals surface area contributed by atoms with Crippen molar-refractivity contribution in [3.63, 3.8) is 0 Å². The Morgan fingerprint density at radius 1 is 1.26 bits per heavy atom. The van der Waals surface area contributed by atoms with E-state index >= 15 is 0 Å². The van der Waals surface area contributed by atoms with E-state index < -0.39 is 16.2 Å². The van der Waals surface area contributed by atoms with Crippen LogP contribution in [0, 0.1) is 16.0 Å². The van der Waals surface area contributed by atoms with Gasteiger partial charge in [-0.15, -0.1) is 0 Å². The van der Waals surface area contributed by atoms with E-state index in [1.807, 2.05) is 0 Å². The predicted molar refractivity (Wildman–Crippen MR) is 101 cm³/mol. The number of anilines is 1. The van der Waals surface area contributed by atoms with E-state index in [0.717, 1.165) is 6.42 Å². The van der Waals surface area contributed by atoms with Crippen molar-refractivity contribution in [2.24, 2.45) is 5.92 Å². The molecule has 1 aliphatic heterocycles. The molecule has 0 atom stereocenters. The van der Waals surface area contributed by atoms with Crippen molar-refractivity contribution in [1.29, 1.82) is 0 Å². The number of pyridine rings is 1. The van der Waals surface area contributed by atoms with E-state index in [4.69, 9.17) is 0 Å². The zero-order chi connectivity index (χ0) is 19.6. The Bertz CT molecular complexity index is 916. The second-order valence-electron chi connectivity index (χ2n) is 7.08. The molecular formula is C18H23N5O4. The number of hydrogen-bond acceptors (Lipinski definition) is 6. The summed E-state index contributed by atoms with van der Waals surface area (Å²) in [5.74, 6) is 0.641. The maximum atomic E-state index is 12.5. The number of nitrogens with zero attached hydrogens (tertiary/aromatic N) is 5. The first-order valence-corrected chi connectivity index (χ1v) is 9.07. The van der Waals surface area contributed by atoms with E-state index in [9.17, 15) is 19.7 Å². The maximum Gasteiger partial charge on any atom is 0.376 e. The van der Waals surface area contributed by atoms with Gasteiger partial charge >= 0.3 is 11.2 Å². The third-order valence-corrected chi connectivity index (χ3v) is 4.74. The van der Waals surface area contributed by atoms with Crippen LogP contribution in [0.1, 0.15) is 26.7 Å². The molecule has 3 rings (SSSR count). The summed E-state index contributed by atoms with van der Waals surface area (Å²) in [6.45, 7) is 5.89. The van der Waals surface area contributed by atoms with Crippen LogP contribution in [0.25, 0.3) is 5.65 Å². The Hall–Kier alpha value is -2.97. The highest BCUT2D eigenvalue weighted by atomic mass is 16.6. The standard InChI is InChI=1S/C18H23N5O4/c1-13(2)6-7-15(24)20-9-11-21(12-10-20)17-16(23(26)27)18(25)22-8-4-3-5-14(22)19-17/h3-5,8,13H,6-7,9-12H2,1-2H3. The molecule has 1 amide bonds. The maximum absolute atomic E-state index is 12.5. The minimum absolute atomic E-state index is 0.0745. The fourth-order valence-electron chi connectivity index (χ4n) is 3.19. The molecule has 3 heterocycles. The number of hydrogen-bond donors (Lipinski definition) is 0. The molecule has 0 aliphatic carbocycles.